The Labute approximate surface area is 424 Å². The smallest absolute Gasteiger partial charge is 0.336 e. The number of carboxylic acid groups (broad SMARTS) is 2. The van der Waals surface area contributed by atoms with Crippen molar-refractivity contribution in [3.8, 4) is 23.0 Å². The van der Waals surface area contributed by atoms with Crippen molar-refractivity contribution in [1.29, 1.82) is 0 Å². The van der Waals surface area contributed by atoms with Gasteiger partial charge in [-0.25, -0.2) is 9.59 Å². The second-order valence-corrected chi connectivity index (χ2v) is 18.9. The SMILES string of the molecule is CCCCCCCCc1cccc(Oc2ccccc2CCCCCCCC)c1.CCCCCCCCc1cccc(Oc2ccccc2CCCCCCCC)c1.O=C(O)c1ccccc1C(=O)O. The van der Waals surface area contributed by atoms with Crippen LogP contribution in [0.25, 0.3) is 0 Å². The van der Waals surface area contributed by atoms with E-state index in [0.29, 0.717) is 0 Å². The molecule has 5 aromatic carbocycles. The van der Waals surface area contributed by atoms with Gasteiger partial charge in [-0.15, -0.1) is 0 Å². The zero-order valence-electron chi connectivity index (χ0n) is 43.9. The molecule has 0 spiro atoms. The summed E-state index contributed by atoms with van der Waals surface area (Å²) >= 11 is 0. The van der Waals surface area contributed by atoms with E-state index in [1.807, 2.05) is 0 Å². The third-order valence-electron chi connectivity index (χ3n) is 12.8. The summed E-state index contributed by atoms with van der Waals surface area (Å²) in [6, 6.07) is 40.0. The van der Waals surface area contributed by atoms with Gasteiger partial charge in [-0.05, 0) is 122 Å². The largest absolute Gasteiger partial charge is 0.478 e. The Hall–Kier alpha value is -5.36. The van der Waals surface area contributed by atoms with Crippen LogP contribution in [0.1, 0.15) is 225 Å². The topological polar surface area (TPSA) is 93.1 Å². The summed E-state index contributed by atoms with van der Waals surface area (Å²) in [5.74, 6) is 1.55. The van der Waals surface area contributed by atoms with E-state index in [4.69, 9.17) is 19.7 Å². The average molecular weight is 955 g/mol. The molecule has 6 nitrogen and oxygen atoms in total. The van der Waals surface area contributed by atoms with E-state index < -0.39 is 11.9 Å². The maximum Gasteiger partial charge on any atom is 0.336 e. The molecule has 0 fully saturated rings. The van der Waals surface area contributed by atoms with Crippen LogP contribution in [0.4, 0.5) is 0 Å². The van der Waals surface area contributed by atoms with Gasteiger partial charge in [0.15, 0.2) is 0 Å². The summed E-state index contributed by atoms with van der Waals surface area (Å²) in [5, 5.41) is 17.1. The Balaban J connectivity index is 0.000000301. The fourth-order valence-electron chi connectivity index (χ4n) is 8.67. The van der Waals surface area contributed by atoms with Crippen molar-refractivity contribution in [3.05, 3.63) is 155 Å². The lowest BCUT2D eigenvalue weighted by Gasteiger charge is -2.12. The number of carboxylic acids is 2. The highest BCUT2D eigenvalue weighted by molar-refractivity contribution is 6.01. The van der Waals surface area contributed by atoms with E-state index >= 15 is 0 Å². The van der Waals surface area contributed by atoms with Crippen LogP contribution >= 0.6 is 0 Å². The molecule has 0 atom stereocenters. The van der Waals surface area contributed by atoms with Crippen LogP contribution in [0.5, 0.6) is 23.0 Å². The molecule has 5 aromatic rings. The summed E-state index contributed by atoms with van der Waals surface area (Å²) in [6.45, 7) is 9.10. The molecule has 5 rings (SSSR count). The molecule has 0 aliphatic heterocycles. The van der Waals surface area contributed by atoms with Crippen molar-refractivity contribution < 1.29 is 29.3 Å². The van der Waals surface area contributed by atoms with Gasteiger partial charge in [-0.1, -0.05) is 229 Å². The number of rotatable bonds is 34. The molecule has 6 heteroatoms. The standard InChI is InChI=1S/2C28H42O.C8H6O4/c2*1-3-5-7-9-11-13-18-25-19-17-22-27(24-25)29-28-23-16-15-21-26(28)20-14-12-10-8-6-4-2;9-7(10)5-3-1-2-4-6(5)8(11)12/h2*15-17,19,21-24H,3-14,18,20H2,1-2H3;1-4H,(H,9,10)(H,11,12). The van der Waals surface area contributed by atoms with Gasteiger partial charge in [0, 0.05) is 0 Å². The summed E-state index contributed by atoms with van der Waals surface area (Å²) in [5.41, 5.74) is 5.08. The lowest BCUT2D eigenvalue weighted by atomic mass is 10.0. The van der Waals surface area contributed by atoms with Gasteiger partial charge in [-0.2, -0.15) is 0 Å². The Kier molecular flexibility index (Phi) is 32.3. The van der Waals surface area contributed by atoms with Crippen molar-refractivity contribution >= 4 is 11.9 Å². The van der Waals surface area contributed by atoms with E-state index in [0.717, 1.165) is 48.7 Å². The first-order valence-electron chi connectivity index (χ1n) is 27.5. The van der Waals surface area contributed by atoms with Crippen LogP contribution in [0, 0.1) is 0 Å². The molecule has 382 valence electrons. The minimum Gasteiger partial charge on any atom is -0.478 e. The minimum absolute atomic E-state index is 0.190. The molecule has 0 aliphatic carbocycles. The molecule has 70 heavy (non-hydrogen) atoms. The van der Waals surface area contributed by atoms with Crippen molar-refractivity contribution in [2.75, 3.05) is 0 Å². The fourth-order valence-corrected chi connectivity index (χ4v) is 8.67. The van der Waals surface area contributed by atoms with Gasteiger partial charge in [0.2, 0.25) is 0 Å². The number of ether oxygens (including phenoxy) is 2. The quantitative estimate of drug-likeness (QED) is 0.0399. The first-order valence-corrected chi connectivity index (χ1v) is 27.5. The molecule has 0 saturated carbocycles. The number of carbonyl (C=O) groups is 2. The maximum atomic E-state index is 10.5. The van der Waals surface area contributed by atoms with Crippen molar-refractivity contribution in [3.63, 3.8) is 0 Å². The van der Waals surface area contributed by atoms with Gasteiger partial charge in [0.25, 0.3) is 0 Å². The number of hydrogen-bond donors (Lipinski definition) is 2. The molecule has 0 saturated heterocycles. The zero-order valence-corrected chi connectivity index (χ0v) is 43.9. The second kappa shape index (κ2) is 38.4. The number of aromatic carboxylic acids is 2. The van der Waals surface area contributed by atoms with Crippen LogP contribution in [0.15, 0.2) is 121 Å². The molecular formula is C64H90O6. The Morgan fingerprint density at radius 3 is 0.986 bits per heavy atom. The first kappa shape index (κ1) is 59.0. The van der Waals surface area contributed by atoms with Gasteiger partial charge in [-0.3, -0.25) is 0 Å². The molecule has 2 N–H and O–H groups in total. The molecule has 0 unspecified atom stereocenters. The Morgan fingerprint density at radius 2 is 0.643 bits per heavy atom. The monoisotopic (exact) mass is 955 g/mol. The van der Waals surface area contributed by atoms with Gasteiger partial charge in [0.1, 0.15) is 23.0 Å². The van der Waals surface area contributed by atoms with Crippen LogP contribution in [0.2, 0.25) is 0 Å². The number of hydrogen-bond acceptors (Lipinski definition) is 4. The van der Waals surface area contributed by atoms with Gasteiger partial charge >= 0.3 is 11.9 Å². The van der Waals surface area contributed by atoms with E-state index in [2.05, 4.69) is 125 Å². The molecule has 0 bridgehead atoms. The van der Waals surface area contributed by atoms with Crippen LogP contribution in [0.3, 0.4) is 0 Å². The maximum absolute atomic E-state index is 10.5. The van der Waals surface area contributed by atoms with E-state index in [1.165, 1.54) is 201 Å². The minimum atomic E-state index is -1.23. The summed E-state index contributed by atoms with van der Waals surface area (Å²) in [6.07, 6.45) is 36.7. The first-order chi connectivity index (χ1) is 34.3. The third-order valence-corrected chi connectivity index (χ3v) is 12.8. The Morgan fingerprint density at radius 1 is 0.343 bits per heavy atom. The average Bonchev–Trinajstić information content (AvgIpc) is 3.37. The van der Waals surface area contributed by atoms with E-state index in [9.17, 15) is 9.59 Å². The van der Waals surface area contributed by atoms with Crippen molar-refractivity contribution in [2.24, 2.45) is 0 Å². The predicted molar refractivity (Wildman–Crippen MR) is 295 cm³/mol. The molecule has 0 radical (unpaired) electrons. The molecule has 0 amide bonds. The Bertz CT molecular complexity index is 1970. The lowest BCUT2D eigenvalue weighted by molar-refractivity contribution is 0.0651. The summed E-state index contributed by atoms with van der Waals surface area (Å²) in [4.78, 5) is 20.9. The number of aryl methyl sites for hydroxylation is 4. The normalized spacial score (nSPS) is 10.7. The summed E-state index contributed by atoms with van der Waals surface area (Å²) in [7, 11) is 0. The van der Waals surface area contributed by atoms with Crippen LogP contribution in [-0.2, 0) is 25.7 Å². The summed E-state index contributed by atoms with van der Waals surface area (Å²) < 4.78 is 12.6. The second-order valence-electron chi connectivity index (χ2n) is 18.9. The third kappa shape index (κ3) is 26.0. The highest BCUT2D eigenvalue weighted by Crippen LogP contribution is 2.30. The molecular weight excluding hydrogens is 865 g/mol. The number of unbranched alkanes of at least 4 members (excludes halogenated alkanes) is 20. The highest BCUT2D eigenvalue weighted by atomic mass is 16.5. The van der Waals surface area contributed by atoms with E-state index in [-0.39, 0.29) is 11.1 Å². The van der Waals surface area contributed by atoms with Crippen LogP contribution in [-0.4, -0.2) is 22.2 Å². The molecule has 0 aromatic heterocycles. The van der Waals surface area contributed by atoms with Crippen molar-refractivity contribution in [2.45, 2.75) is 207 Å². The van der Waals surface area contributed by atoms with Gasteiger partial charge in [0.05, 0.1) is 11.1 Å². The molecule has 0 heterocycles. The highest BCUT2D eigenvalue weighted by Gasteiger charge is 2.14. The predicted octanol–water partition coefficient (Wildman–Crippen LogP) is 19.7. The van der Waals surface area contributed by atoms with Gasteiger partial charge < -0.3 is 19.7 Å². The zero-order chi connectivity index (χ0) is 50.3. The lowest BCUT2D eigenvalue weighted by Crippen LogP contribution is -2.06. The van der Waals surface area contributed by atoms with Crippen LogP contribution < -0.4 is 9.47 Å². The molecule has 0 aliphatic rings. The number of benzene rings is 5. The number of para-hydroxylation sites is 2. The fraction of sp³-hybridized carbons (Fsp3) is 0.500. The van der Waals surface area contributed by atoms with E-state index in [1.54, 1.807) is 0 Å². The van der Waals surface area contributed by atoms with Crippen molar-refractivity contribution in [1.82, 2.24) is 0 Å².